The van der Waals surface area contributed by atoms with Gasteiger partial charge in [0.05, 0.1) is 0 Å². The fourth-order valence-corrected chi connectivity index (χ4v) is 2.62. The molecule has 1 aliphatic carbocycles. The van der Waals surface area contributed by atoms with Crippen molar-refractivity contribution in [1.82, 2.24) is 10.1 Å². The number of pyridine rings is 1. The van der Waals surface area contributed by atoms with Gasteiger partial charge in [0.25, 0.3) is 5.91 Å². The van der Waals surface area contributed by atoms with Crippen LogP contribution in [0.1, 0.15) is 35.2 Å². The van der Waals surface area contributed by atoms with E-state index in [4.69, 9.17) is 4.52 Å². The molecule has 0 saturated heterocycles. The number of amides is 1. The van der Waals surface area contributed by atoms with Crippen LogP contribution in [0.25, 0.3) is 0 Å². The highest BCUT2D eigenvalue weighted by atomic mass is 79.9. The Morgan fingerprint density at radius 3 is 3.10 bits per heavy atom. The fraction of sp³-hybridized carbons (Fsp3) is 0.357. The summed E-state index contributed by atoms with van der Waals surface area (Å²) in [4.78, 5) is 16.4. The molecular formula is C14H14BrN3O2. The summed E-state index contributed by atoms with van der Waals surface area (Å²) in [5.41, 5.74) is 1.33. The summed E-state index contributed by atoms with van der Waals surface area (Å²) in [7, 11) is 0. The van der Waals surface area contributed by atoms with Crippen LogP contribution in [0, 0.1) is 5.92 Å². The summed E-state index contributed by atoms with van der Waals surface area (Å²) in [5.74, 6) is 1.63. The van der Waals surface area contributed by atoms with E-state index in [0.717, 1.165) is 35.1 Å². The Bertz CT molecular complexity index is 636. The van der Waals surface area contributed by atoms with E-state index in [1.807, 2.05) is 6.07 Å². The third-order valence-corrected chi connectivity index (χ3v) is 3.94. The van der Waals surface area contributed by atoms with Crippen LogP contribution < -0.4 is 5.32 Å². The van der Waals surface area contributed by atoms with Gasteiger partial charge in [0.2, 0.25) is 0 Å². The summed E-state index contributed by atoms with van der Waals surface area (Å²) in [5, 5.41) is 6.66. The smallest absolute Gasteiger partial charge is 0.279 e. The Labute approximate surface area is 124 Å². The SMILES string of the molecule is C[C@H]1CCc2onc(C(=O)Nc3ccc(Br)cn3)c2C1. The Hall–Kier alpha value is -1.69. The molecule has 5 nitrogen and oxygen atoms in total. The number of carbonyl (C=O) groups excluding carboxylic acids is 1. The molecule has 20 heavy (non-hydrogen) atoms. The molecule has 0 aromatic carbocycles. The summed E-state index contributed by atoms with van der Waals surface area (Å²) < 4.78 is 6.14. The molecule has 2 heterocycles. The minimum atomic E-state index is -0.265. The van der Waals surface area contributed by atoms with E-state index in [0.29, 0.717) is 17.4 Å². The number of carbonyl (C=O) groups is 1. The van der Waals surface area contributed by atoms with Crippen LogP contribution in [0.4, 0.5) is 5.82 Å². The molecule has 0 radical (unpaired) electrons. The molecule has 0 bridgehead atoms. The van der Waals surface area contributed by atoms with Gasteiger partial charge in [0, 0.05) is 22.7 Å². The topological polar surface area (TPSA) is 68.0 Å². The maximum absolute atomic E-state index is 12.3. The van der Waals surface area contributed by atoms with Crippen LogP contribution in [-0.4, -0.2) is 16.0 Å². The first-order valence-corrected chi connectivity index (χ1v) is 7.33. The van der Waals surface area contributed by atoms with Crippen LogP contribution in [0.15, 0.2) is 27.3 Å². The van der Waals surface area contributed by atoms with E-state index >= 15 is 0 Å². The molecular weight excluding hydrogens is 322 g/mol. The van der Waals surface area contributed by atoms with Gasteiger partial charge in [-0.25, -0.2) is 4.98 Å². The van der Waals surface area contributed by atoms with Gasteiger partial charge in [-0.1, -0.05) is 12.1 Å². The van der Waals surface area contributed by atoms with Crippen LogP contribution in [-0.2, 0) is 12.8 Å². The standard InChI is InChI=1S/C14H14BrN3O2/c1-8-2-4-11-10(6-8)13(18-20-11)14(19)17-12-5-3-9(15)7-16-12/h3,5,7-8H,2,4,6H2,1H3,(H,16,17,19)/t8-/m0/s1. The molecule has 3 rings (SSSR count). The zero-order valence-corrected chi connectivity index (χ0v) is 12.6. The molecule has 1 amide bonds. The number of hydrogen-bond acceptors (Lipinski definition) is 4. The molecule has 0 unspecified atom stereocenters. The summed E-state index contributed by atoms with van der Waals surface area (Å²) >= 11 is 3.30. The van der Waals surface area contributed by atoms with Crippen LogP contribution in [0.5, 0.6) is 0 Å². The predicted molar refractivity (Wildman–Crippen MR) is 77.6 cm³/mol. The zero-order valence-electron chi connectivity index (χ0n) is 11.0. The highest BCUT2D eigenvalue weighted by molar-refractivity contribution is 9.10. The molecule has 0 aliphatic heterocycles. The molecule has 0 saturated carbocycles. The first kappa shape index (κ1) is 13.3. The lowest BCUT2D eigenvalue weighted by Gasteiger charge is -2.16. The van der Waals surface area contributed by atoms with E-state index in [-0.39, 0.29) is 5.91 Å². The fourth-order valence-electron chi connectivity index (χ4n) is 2.38. The van der Waals surface area contributed by atoms with Crippen LogP contribution in [0.3, 0.4) is 0 Å². The zero-order chi connectivity index (χ0) is 14.1. The van der Waals surface area contributed by atoms with Gasteiger partial charge in [0.1, 0.15) is 11.6 Å². The van der Waals surface area contributed by atoms with E-state index < -0.39 is 0 Å². The Morgan fingerprint density at radius 2 is 2.35 bits per heavy atom. The van der Waals surface area contributed by atoms with Crippen molar-refractivity contribution in [3.63, 3.8) is 0 Å². The number of aryl methyl sites for hydroxylation is 1. The number of hydrogen-bond donors (Lipinski definition) is 1. The molecule has 0 fully saturated rings. The molecule has 1 atom stereocenters. The number of aromatic nitrogens is 2. The lowest BCUT2D eigenvalue weighted by Crippen LogP contribution is -2.18. The van der Waals surface area contributed by atoms with Crippen LogP contribution >= 0.6 is 15.9 Å². The van der Waals surface area contributed by atoms with Crippen molar-refractivity contribution in [1.29, 1.82) is 0 Å². The van der Waals surface area contributed by atoms with E-state index in [1.165, 1.54) is 0 Å². The average Bonchev–Trinajstić information content (AvgIpc) is 2.84. The van der Waals surface area contributed by atoms with E-state index in [9.17, 15) is 4.79 Å². The molecule has 104 valence electrons. The van der Waals surface area contributed by atoms with Gasteiger partial charge in [-0.3, -0.25) is 4.79 Å². The van der Waals surface area contributed by atoms with Crippen molar-refractivity contribution < 1.29 is 9.32 Å². The van der Waals surface area contributed by atoms with Crippen molar-refractivity contribution >= 4 is 27.7 Å². The van der Waals surface area contributed by atoms with Gasteiger partial charge in [-0.05, 0) is 46.8 Å². The maximum Gasteiger partial charge on any atom is 0.279 e. The van der Waals surface area contributed by atoms with Gasteiger partial charge < -0.3 is 9.84 Å². The lowest BCUT2D eigenvalue weighted by atomic mass is 9.88. The molecule has 2 aromatic heterocycles. The molecule has 1 N–H and O–H groups in total. The first-order valence-electron chi connectivity index (χ1n) is 6.54. The largest absolute Gasteiger partial charge is 0.360 e. The molecule has 6 heteroatoms. The minimum Gasteiger partial charge on any atom is -0.360 e. The quantitative estimate of drug-likeness (QED) is 0.914. The number of nitrogens with one attached hydrogen (secondary N) is 1. The highest BCUT2D eigenvalue weighted by Gasteiger charge is 2.27. The normalized spacial score (nSPS) is 17.6. The summed E-state index contributed by atoms with van der Waals surface area (Å²) in [6.45, 7) is 2.17. The van der Waals surface area contributed by atoms with Gasteiger partial charge in [0.15, 0.2) is 5.69 Å². The second-order valence-corrected chi connectivity index (χ2v) is 6.01. The van der Waals surface area contributed by atoms with Crippen molar-refractivity contribution in [3.8, 4) is 0 Å². The highest BCUT2D eigenvalue weighted by Crippen LogP contribution is 2.28. The van der Waals surface area contributed by atoms with E-state index in [2.05, 4.69) is 38.3 Å². The minimum absolute atomic E-state index is 0.265. The number of anilines is 1. The summed E-state index contributed by atoms with van der Waals surface area (Å²) in [6, 6.07) is 3.56. The Balaban J connectivity index is 1.81. The Kier molecular flexibility index (Phi) is 3.56. The van der Waals surface area contributed by atoms with Gasteiger partial charge >= 0.3 is 0 Å². The van der Waals surface area contributed by atoms with Crippen molar-refractivity contribution in [2.45, 2.75) is 26.2 Å². The second kappa shape index (κ2) is 5.36. The lowest BCUT2D eigenvalue weighted by molar-refractivity contribution is 0.101. The van der Waals surface area contributed by atoms with Crippen LogP contribution in [0.2, 0.25) is 0 Å². The molecule has 0 spiro atoms. The number of nitrogens with zero attached hydrogens (tertiary/aromatic N) is 2. The predicted octanol–water partition coefficient (Wildman–Crippen LogP) is 3.21. The monoisotopic (exact) mass is 335 g/mol. The third kappa shape index (κ3) is 2.60. The van der Waals surface area contributed by atoms with Gasteiger partial charge in [-0.2, -0.15) is 0 Å². The molecule has 2 aromatic rings. The van der Waals surface area contributed by atoms with Crippen molar-refractivity contribution in [3.05, 3.63) is 39.8 Å². The molecule has 1 aliphatic rings. The second-order valence-electron chi connectivity index (χ2n) is 5.10. The van der Waals surface area contributed by atoms with Crippen molar-refractivity contribution in [2.24, 2.45) is 5.92 Å². The number of halogens is 1. The summed E-state index contributed by atoms with van der Waals surface area (Å²) in [6.07, 6.45) is 4.41. The third-order valence-electron chi connectivity index (χ3n) is 3.47. The van der Waals surface area contributed by atoms with Gasteiger partial charge in [-0.15, -0.1) is 0 Å². The van der Waals surface area contributed by atoms with Crippen molar-refractivity contribution in [2.75, 3.05) is 5.32 Å². The maximum atomic E-state index is 12.3. The Morgan fingerprint density at radius 1 is 1.50 bits per heavy atom. The average molecular weight is 336 g/mol. The first-order chi connectivity index (χ1) is 9.63. The number of rotatable bonds is 2. The van der Waals surface area contributed by atoms with E-state index in [1.54, 1.807) is 12.3 Å². The number of fused-ring (bicyclic) bond motifs is 1.